The Labute approximate surface area is 192 Å². The highest BCUT2D eigenvalue weighted by Gasteiger charge is 2.42. The number of benzene rings is 3. The molecule has 1 unspecified atom stereocenters. The van der Waals surface area contributed by atoms with Gasteiger partial charge in [0.25, 0.3) is 0 Å². The van der Waals surface area contributed by atoms with E-state index < -0.39 is 14.5 Å². The van der Waals surface area contributed by atoms with Crippen molar-refractivity contribution in [3.8, 4) is 0 Å². The Bertz CT molecular complexity index is 957. The van der Waals surface area contributed by atoms with Gasteiger partial charge in [0.2, 0.25) is 0 Å². The van der Waals surface area contributed by atoms with E-state index in [2.05, 4.69) is 145 Å². The van der Waals surface area contributed by atoms with Gasteiger partial charge in [0.15, 0.2) is 0 Å². The molecule has 0 aliphatic rings. The standard InChI is InChI=1S/C28H37P3/c1-27(2,3)30(28(4,5)6)31(7,26-21-15-10-16-22-26)23-29(24-17-11-8-12-18-24)25-19-13-9-14-20-25/h8-23H,1-7H3. The van der Waals surface area contributed by atoms with Crippen LogP contribution in [-0.2, 0) is 0 Å². The molecular weight excluding hydrogens is 429 g/mol. The summed E-state index contributed by atoms with van der Waals surface area (Å²) in [5.41, 5.74) is 2.84. The van der Waals surface area contributed by atoms with Gasteiger partial charge >= 0.3 is 0 Å². The van der Waals surface area contributed by atoms with E-state index in [-0.39, 0.29) is 17.9 Å². The summed E-state index contributed by atoms with van der Waals surface area (Å²) >= 11 is 0. The monoisotopic (exact) mass is 466 g/mol. The molecule has 0 saturated heterocycles. The van der Waals surface area contributed by atoms with E-state index in [0.29, 0.717) is 0 Å². The van der Waals surface area contributed by atoms with Crippen molar-refractivity contribution < 1.29 is 0 Å². The van der Waals surface area contributed by atoms with Crippen LogP contribution in [0.5, 0.6) is 0 Å². The minimum absolute atomic E-state index is 0.261. The lowest BCUT2D eigenvalue weighted by atomic mass is 10.2. The van der Waals surface area contributed by atoms with Crippen LogP contribution in [0.2, 0.25) is 0 Å². The molecule has 0 spiro atoms. The average Bonchev–Trinajstić information content (AvgIpc) is 2.72. The second-order valence-corrected chi connectivity index (χ2v) is 22.4. The van der Waals surface area contributed by atoms with Crippen LogP contribution in [0.25, 0.3) is 0 Å². The molecular formula is C28H37P3. The Kier molecular flexibility index (Phi) is 7.70. The van der Waals surface area contributed by atoms with Crippen molar-refractivity contribution in [1.29, 1.82) is 0 Å². The Morgan fingerprint density at radius 3 is 1.29 bits per heavy atom. The van der Waals surface area contributed by atoms with E-state index in [1.54, 1.807) is 5.30 Å². The minimum atomic E-state index is -1.59. The fourth-order valence-corrected chi connectivity index (χ4v) is 25.9. The molecule has 3 aromatic carbocycles. The van der Waals surface area contributed by atoms with E-state index in [1.165, 1.54) is 10.6 Å². The number of hydrogen-bond donors (Lipinski definition) is 0. The van der Waals surface area contributed by atoms with Crippen molar-refractivity contribution in [3.05, 3.63) is 91.0 Å². The molecule has 0 aliphatic heterocycles. The molecule has 3 heteroatoms. The van der Waals surface area contributed by atoms with Gasteiger partial charge in [0.05, 0.1) is 0 Å². The van der Waals surface area contributed by atoms with Gasteiger partial charge in [0.1, 0.15) is 0 Å². The molecule has 0 amide bonds. The molecule has 1 atom stereocenters. The minimum Gasteiger partial charge on any atom is -0.0663 e. The lowest BCUT2D eigenvalue weighted by Crippen LogP contribution is -2.28. The summed E-state index contributed by atoms with van der Waals surface area (Å²) in [6.45, 7) is 15.8. The zero-order chi connectivity index (χ0) is 22.7. The zero-order valence-electron chi connectivity index (χ0n) is 20.1. The molecule has 3 aromatic rings. The number of hydrogen-bond acceptors (Lipinski definition) is 0. The van der Waals surface area contributed by atoms with Crippen LogP contribution < -0.4 is 15.9 Å². The molecule has 31 heavy (non-hydrogen) atoms. The highest BCUT2D eigenvalue weighted by Crippen LogP contribution is 2.84. The lowest BCUT2D eigenvalue weighted by Gasteiger charge is -2.49. The van der Waals surface area contributed by atoms with Crippen molar-refractivity contribution in [3.63, 3.8) is 0 Å². The van der Waals surface area contributed by atoms with Crippen LogP contribution in [0.4, 0.5) is 0 Å². The first-order valence-electron chi connectivity index (χ1n) is 11.0. The maximum absolute atomic E-state index is 2.84. The van der Waals surface area contributed by atoms with Gasteiger partial charge in [-0.25, -0.2) is 0 Å². The fourth-order valence-electron chi connectivity index (χ4n) is 4.90. The summed E-state index contributed by atoms with van der Waals surface area (Å²) in [4.78, 5) is 0. The smallest absolute Gasteiger partial charge is 0.0134 e. The third kappa shape index (κ3) is 5.79. The molecule has 164 valence electrons. The van der Waals surface area contributed by atoms with E-state index >= 15 is 0 Å². The summed E-state index contributed by atoms with van der Waals surface area (Å²) < 4.78 is 0. The highest BCUT2D eigenvalue weighted by molar-refractivity contribution is 8.43. The van der Waals surface area contributed by atoms with Gasteiger partial charge in [-0.05, 0) is 46.3 Å². The molecule has 0 aliphatic carbocycles. The Morgan fingerprint density at radius 1 is 0.581 bits per heavy atom. The van der Waals surface area contributed by atoms with Crippen molar-refractivity contribution in [2.75, 3.05) is 6.66 Å². The first-order valence-corrected chi connectivity index (χ1v) is 16.8. The highest BCUT2D eigenvalue weighted by atomic mass is 32.1. The second kappa shape index (κ2) is 9.75. The Balaban J connectivity index is 2.36. The molecule has 0 heterocycles. The first kappa shape index (κ1) is 24.5. The molecule has 0 aromatic heterocycles. The zero-order valence-corrected chi connectivity index (χ0v) is 22.8. The molecule has 0 nitrogen and oxygen atoms in total. The van der Waals surface area contributed by atoms with Crippen LogP contribution >= 0.6 is 22.1 Å². The van der Waals surface area contributed by atoms with Crippen molar-refractivity contribution in [2.24, 2.45) is 0 Å². The fraction of sp³-hybridized carbons (Fsp3) is 0.321. The second-order valence-electron chi connectivity index (χ2n) is 10.2. The van der Waals surface area contributed by atoms with Gasteiger partial charge < -0.3 is 0 Å². The quantitative estimate of drug-likeness (QED) is 0.336. The maximum atomic E-state index is 2.84. The van der Waals surface area contributed by atoms with Crippen LogP contribution in [0.15, 0.2) is 91.0 Å². The lowest BCUT2D eigenvalue weighted by molar-refractivity contribution is 0.720. The normalized spacial score (nSPS) is 14.5. The summed E-state index contributed by atoms with van der Waals surface area (Å²) in [6, 6.07) is 33.7. The molecule has 0 fully saturated rings. The largest absolute Gasteiger partial charge is 0.0663 e. The van der Waals surface area contributed by atoms with E-state index in [1.807, 2.05) is 0 Å². The first-order chi connectivity index (χ1) is 14.5. The van der Waals surface area contributed by atoms with Crippen molar-refractivity contribution >= 4 is 43.6 Å². The van der Waals surface area contributed by atoms with Crippen molar-refractivity contribution in [2.45, 2.75) is 51.9 Å². The third-order valence-corrected chi connectivity index (χ3v) is 22.2. The third-order valence-electron chi connectivity index (χ3n) is 5.37. The molecule has 0 bridgehead atoms. The van der Waals surface area contributed by atoms with E-state index in [9.17, 15) is 0 Å². The van der Waals surface area contributed by atoms with Crippen LogP contribution in [0.1, 0.15) is 41.5 Å². The van der Waals surface area contributed by atoms with Crippen LogP contribution in [0, 0.1) is 0 Å². The van der Waals surface area contributed by atoms with E-state index in [0.717, 1.165) is 0 Å². The van der Waals surface area contributed by atoms with Gasteiger partial charge in [-0.2, -0.15) is 0 Å². The molecule has 3 rings (SSSR count). The predicted molar refractivity (Wildman–Crippen MR) is 150 cm³/mol. The number of rotatable bonds is 5. The topological polar surface area (TPSA) is 0 Å². The Hall–Kier alpha value is -1.18. The van der Waals surface area contributed by atoms with Gasteiger partial charge in [-0.3, -0.25) is 0 Å². The van der Waals surface area contributed by atoms with Crippen LogP contribution in [-0.4, -0.2) is 22.5 Å². The predicted octanol–water partition coefficient (Wildman–Crippen LogP) is 7.85. The summed E-state index contributed by atoms with van der Waals surface area (Å²) in [5.74, 6) is 0. The SMILES string of the molecule is CC(C)(C)P(C(C)(C)C)P(C)(=CP(c1ccccc1)c1ccccc1)c1ccccc1. The summed E-state index contributed by atoms with van der Waals surface area (Å²) in [5, 5.41) is 4.96. The Morgan fingerprint density at radius 2 is 0.935 bits per heavy atom. The summed E-state index contributed by atoms with van der Waals surface area (Å²) in [7, 11) is -0.855. The van der Waals surface area contributed by atoms with Gasteiger partial charge in [-0.15, -0.1) is 0 Å². The van der Waals surface area contributed by atoms with E-state index in [4.69, 9.17) is 0 Å². The molecule has 0 N–H and O–H groups in total. The van der Waals surface area contributed by atoms with Crippen molar-refractivity contribution in [1.82, 2.24) is 0 Å². The molecule has 0 saturated carbocycles. The van der Waals surface area contributed by atoms with Crippen LogP contribution in [0.3, 0.4) is 0 Å². The summed E-state index contributed by atoms with van der Waals surface area (Å²) in [6.07, 6.45) is 0. The molecule has 0 radical (unpaired) electrons. The average molecular weight is 467 g/mol. The van der Waals surface area contributed by atoms with Gasteiger partial charge in [0, 0.05) is 0 Å². The van der Waals surface area contributed by atoms with Gasteiger partial charge in [-0.1, -0.05) is 147 Å². The maximum Gasteiger partial charge on any atom is -0.0134 e.